The van der Waals surface area contributed by atoms with Gasteiger partial charge in [0, 0.05) is 6.20 Å². The van der Waals surface area contributed by atoms with Gasteiger partial charge in [-0.1, -0.05) is 0 Å². The molecule has 0 aliphatic heterocycles. The van der Waals surface area contributed by atoms with Crippen molar-refractivity contribution in [2.75, 3.05) is 0 Å². The van der Waals surface area contributed by atoms with E-state index in [9.17, 15) is 0 Å². The van der Waals surface area contributed by atoms with Gasteiger partial charge < -0.3 is 9.72 Å². The predicted molar refractivity (Wildman–Crippen MR) is 40.1 cm³/mol. The van der Waals surface area contributed by atoms with Crippen LogP contribution in [-0.4, -0.2) is 15.2 Å². The summed E-state index contributed by atoms with van der Waals surface area (Å²) in [5.41, 5.74) is 0.614. The van der Waals surface area contributed by atoms with Crippen LogP contribution in [0.5, 0.6) is 5.75 Å². The van der Waals surface area contributed by atoms with Gasteiger partial charge in [0.15, 0.2) is 11.4 Å². The number of nitrogens with one attached hydrogen (secondary N) is 1. The molecule has 0 fully saturated rings. The molecule has 0 amide bonds. The minimum absolute atomic E-state index is 0.474. The first-order valence-electron chi connectivity index (χ1n) is 3.26. The Morgan fingerprint density at radius 1 is 1.58 bits per heavy atom. The number of aromatic nitrogens is 3. The molecule has 0 atom stereocenters. The molecule has 12 heavy (non-hydrogen) atoms. The molecular formula is C7H4N4O. The van der Waals surface area contributed by atoms with Crippen molar-refractivity contribution in [2.24, 2.45) is 0 Å². The number of nitrogens with zero attached hydrogens (tertiary/aromatic N) is 3. The van der Waals surface area contributed by atoms with Crippen molar-refractivity contribution in [1.29, 1.82) is 5.26 Å². The topological polar surface area (TPSA) is 74.6 Å². The standard InChI is InChI=1S/C7H4N4O/c8-4-12-6-3-9-7-5(6)1-2-10-11-7/h1-3H,(H,9,11). The smallest absolute Gasteiger partial charge is 0.292 e. The van der Waals surface area contributed by atoms with Crippen molar-refractivity contribution in [1.82, 2.24) is 15.2 Å². The second-order valence-corrected chi connectivity index (χ2v) is 2.14. The second kappa shape index (κ2) is 2.51. The number of H-pyrrole nitrogens is 1. The fourth-order valence-electron chi connectivity index (χ4n) is 0.982. The Labute approximate surface area is 67.6 Å². The largest absolute Gasteiger partial charge is 0.386 e. The zero-order valence-electron chi connectivity index (χ0n) is 5.98. The van der Waals surface area contributed by atoms with Gasteiger partial charge in [-0.2, -0.15) is 5.10 Å². The summed E-state index contributed by atoms with van der Waals surface area (Å²) in [6.07, 6.45) is 4.71. The van der Waals surface area contributed by atoms with Gasteiger partial charge in [0.05, 0.1) is 11.6 Å². The summed E-state index contributed by atoms with van der Waals surface area (Å²) in [4.78, 5) is 2.82. The van der Waals surface area contributed by atoms with Gasteiger partial charge in [-0.05, 0) is 6.07 Å². The zero-order valence-corrected chi connectivity index (χ0v) is 5.98. The molecule has 5 nitrogen and oxygen atoms in total. The molecule has 0 saturated heterocycles. The first kappa shape index (κ1) is 6.61. The highest BCUT2D eigenvalue weighted by Gasteiger charge is 2.04. The van der Waals surface area contributed by atoms with Gasteiger partial charge in [-0.3, -0.25) is 0 Å². The zero-order chi connectivity index (χ0) is 8.39. The Bertz CT molecular complexity index is 442. The van der Waals surface area contributed by atoms with E-state index in [1.165, 1.54) is 0 Å². The molecule has 0 aromatic carbocycles. The number of ether oxygens (including phenoxy) is 1. The van der Waals surface area contributed by atoms with Crippen LogP contribution in [0.2, 0.25) is 0 Å². The number of nitriles is 1. The van der Waals surface area contributed by atoms with E-state index in [0.29, 0.717) is 11.4 Å². The Morgan fingerprint density at radius 2 is 2.50 bits per heavy atom. The summed E-state index contributed by atoms with van der Waals surface area (Å²) in [6, 6.07) is 1.73. The van der Waals surface area contributed by atoms with Gasteiger partial charge in [0.1, 0.15) is 0 Å². The molecule has 0 spiro atoms. The van der Waals surface area contributed by atoms with E-state index in [1.54, 1.807) is 24.7 Å². The molecule has 0 aliphatic rings. The van der Waals surface area contributed by atoms with Gasteiger partial charge in [0.2, 0.25) is 0 Å². The monoisotopic (exact) mass is 160 g/mol. The van der Waals surface area contributed by atoms with E-state index in [1.807, 2.05) is 0 Å². The fourth-order valence-corrected chi connectivity index (χ4v) is 0.982. The predicted octanol–water partition coefficient (Wildman–Crippen LogP) is 0.818. The van der Waals surface area contributed by atoms with Gasteiger partial charge in [-0.15, -0.1) is 10.4 Å². The molecule has 2 aromatic heterocycles. The Kier molecular flexibility index (Phi) is 1.38. The number of rotatable bonds is 1. The Balaban J connectivity index is 2.64. The molecular weight excluding hydrogens is 156 g/mol. The van der Waals surface area contributed by atoms with Crippen LogP contribution in [-0.2, 0) is 0 Å². The van der Waals surface area contributed by atoms with Crippen molar-refractivity contribution in [3.63, 3.8) is 0 Å². The van der Waals surface area contributed by atoms with Crippen LogP contribution in [0.3, 0.4) is 0 Å². The SMILES string of the molecule is N#COc1c[nH]c2nnccc12. The van der Waals surface area contributed by atoms with Gasteiger partial charge in [0.25, 0.3) is 6.26 Å². The lowest BCUT2D eigenvalue weighted by Crippen LogP contribution is -1.81. The minimum Gasteiger partial charge on any atom is -0.386 e. The summed E-state index contributed by atoms with van der Waals surface area (Å²) in [5, 5.41) is 16.5. The normalized spacial score (nSPS) is 9.58. The summed E-state index contributed by atoms with van der Waals surface area (Å²) in [6.45, 7) is 0. The van der Waals surface area contributed by atoms with Crippen molar-refractivity contribution < 1.29 is 4.74 Å². The van der Waals surface area contributed by atoms with Crippen LogP contribution >= 0.6 is 0 Å². The average Bonchev–Trinajstić information content (AvgIpc) is 2.50. The van der Waals surface area contributed by atoms with E-state index >= 15 is 0 Å². The first-order chi connectivity index (χ1) is 5.92. The van der Waals surface area contributed by atoms with Crippen molar-refractivity contribution in [3.8, 4) is 12.0 Å². The summed E-state index contributed by atoms with van der Waals surface area (Å²) in [5.74, 6) is 0.474. The number of fused-ring (bicyclic) bond motifs is 1. The van der Waals surface area contributed by atoms with Crippen molar-refractivity contribution in [3.05, 3.63) is 18.5 Å². The van der Waals surface area contributed by atoms with Crippen molar-refractivity contribution >= 4 is 11.0 Å². The maximum absolute atomic E-state index is 8.28. The molecule has 0 unspecified atom stereocenters. The number of hydrogen-bond acceptors (Lipinski definition) is 4. The van der Waals surface area contributed by atoms with E-state index < -0.39 is 0 Å². The quantitative estimate of drug-likeness (QED) is 0.626. The average molecular weight is 160 g/mol. The van der Waals surface area contributed by atoms with Gasteiger partial charge >= 0.3 is 0 Å². The molecule has 5 heteroatoms. The first-order valence-corrected chi connectivity index (χ1v) is 3.26. The molecule has 1 N–H and O–H groups in total. The highest BCUT2D eigenvalue weighted by Crippen LogP contribution is 2.21. The molecule has 0 bridgehead atoms. The van der Waals surface area contributed by atoms with Crippen LogP contribution in [0.15, 0.2) is 18.5 Å². The van der Waals surface area contributed by atoms with Crippen LogP contribution in [0.25, 0.3) is 11.0 Å². The lowest BCUT2D eigenvalue weighted by Gasteiger charge is -1.89. The van der Waals surface area contributed by atoms with Crippen LogP contribution in [0, 0.1) is 11.5 Å². The molecule has 0 saturated carbocycles. The Morgan fingerprint density at radius 3 is 3.33 bits per heavy atom. The maximum atomic E-state index is 8.28. The maximum Gasteiger partial charge on any atom is 0.292 e. The third-order valence-corrected chi connectivity index (χ3v) is 1.48. The number of hydrogen-bond donors (Lipinski definition) is 1. The molecule has 2 heterocycles. The summed E-state index contributed by atoms with van der Waals surface area (Å²) >= 11 is 0. The number of aromatic amines is 1. The molecule has 2 rings (SSSR count). The van der Waals surface area contributed by atoms with E-state index in [0.717, 1.165) is 5.39 Å². The van der Waals surface area contributed by atoms with E-state index in [4.69, 9.17) is 5.26 Å². The molecule has 2 aromatic rings. The van der Waals surface area contributed by atoms with Gasteiger partial charge in [-0.25, -0.2) is 0 Å². The third kappa shape index (κ3) is 0.864. The highest BCUT2D eigenvalue weighted by atomic mass is 16.5. The van der Waals surface area contributed by atoms with Crippen LogP contribution in [0.4, 0.5) is 0 Å². The summed E-state index contributed by atoms with van der Waals surface area (Å²) in [7, 11) is 0. The van der Waals surface area contributed by atoms with Crippen LogP contribution in [0.1, 0.15) is 0 Å². The summed E-state index contributed by atoms with van der Waals surface area (Å²) < 4.78 is 4.67. The van der Waals surface area contributed by atoms with Crippen LogP contribution < -0.4 is 4.74 Å². The van der Waals surface area contributed by atoms with Crippen molar-refractivity contribution in [2.45, 2.75) is 0 Å². The minimum atomic E-state index is 0.474. The van der Waals surface area contributed by atoms with E-state index in [-0.39, 0.29) is 0 Å². The highest BCUT2D eigenvalue weighted by molar-refractivity contribution is 5.82. The lowest BCUT2D eigenvalue weighted by molar-refractivity contribution is 0.513. The van der Waals surface area contributed by atoms with E-state index in [2.05, 4.69) is 19.9 Å². The lowest BCUT2D eigenvalue weighted by atomic mass is 10.4. The molecule has 0 radical (unpaired) electrons. The molecule has 0 aliphatic carbocycles. The third-order valence-electron chi connectivity index (χ3n) is 1.48. The second-order valence-electron chi connectivity index (χ2n) is 2.14. The Hall–Kier alpha value is -2.09. The molecule has 58 valence electrons. The fraction of sp³-hybridized carbons (Fsp3) is 0.